The van der Waals surface area contributed by atoms with Crippen molar-refractivity contribution in [3.63, 3.8) is 0 Å². The summed E-state index contributed by atoms with van der Waals surface area (Å²) in [6.45, 7) is 2.44. The lowest BCUT2D eigenvalue weighted by Crippen LogP contribution is -2.13. The third kappa shape index (κ3) is 4.03. The van der Waals surface area contributed by atoms with Gasteiger partial charge in [0.15, 0.2) is 17.3 Å². The first-order chi connectivity index (χ1) is 10.2. The average Bonchev–Trinajstić information content (AvgIpc) is 2.48. The fourth-order valence-electron chi connectivity index (χ4n) is 1.58. The molecule has 0 saturated carbocycles. The van der Waals surface area contributed by atoms with Crippen LogP contribution in [0.15, 0.2) is 34.3 Å². The monoisotopic (exact) mass is 289 g/mol. The molecule has 0 unspecified atom stereocenters. The lowest BCUT2D eigenvalue weighted by atomic mass is 10.2. The van der Waals surface area contributed by atoms with Crippen LogP contribution in [0, 0.1) is 0 Å². The Morgan fingerprint density at radius 2 is 2.29 bits per heavy atom. The fourth-order valence-corrected chi connectivity index (χ4v) is 1.58. The number of H-pyrrole nitrogens is 1. The highest BCUT2D eigenvalue weighted by Gasteiger charge is 2.04. The minimum Gasteiger partial charge on any atom is -0.493 e. The predicted octanol–water partition coefficient (Wildman–Crippen LogP) is 1.02. The standard InChI is InChI=1S/C13H15N5O3/c1-3-21-11-6-9(4-5-10(11)20-2)7-14-17-12-8-15-18-13(19)16-12/h4-8H,3H2,1-2H3,(H2,16,17,18,19)/b14-7+. The predicted molar refractivity (Wildman–Crippen MR) is 78.0 cm³/mol. The summed E-state index contributed by atoms with van der Waals surface area (Å²) in [4.78, 5) is 14.6. The summed E-state index contributed by atoms with van der Waals surface area (Å²) in [5.41, 5.74) is 2.88. The Balaban J connectivity index is 2.10. The smallest absolute Gasteiger partial charge is 0.363 e. The Bertz CT molecular complexity index is 684. The second kappa shape index (κ2) is 7.04. The Kier molecular flexibility index (Phi) is 4.86. The normalized spacial score (nSPS) is 10.6. The highest BCUT2D eigenvalue weighted by molar-refractivity contribution is 5.81. The van der Waals surface area contributed by atoms with Crippen LogP contribution in [-0.4, -0.2) is 35.1 Å². The van der Waals surface area contributed by atoms with Gasteiger partial charge < -0.3 is 9.47 Å². The van der Waals surface area contributed by atoms with Gasteiger partial charge in [0.1, 0.15) is 0 Å². The summed E-state index contributed by atoms with van der Waals surface area (Å²) in [5.74, 6) is 1.55. The molecule has 0 fully saturated rings. The summed E-state index contributed by atoms with van der Waals surface area (Å²) in [5, 5.41) is 9.76. The van der Waals surface area contributed by atoms with Gasteiger partial charge in [0, 0.05) is 0 Å². The number of hydrazone groups is 1. The van der Waals surface area contributed by atoms with E-state index >= 15 is 0 Å². The average molecular weight is 289 g/mol. The van der Waals surface area contributed by atoms with Crippen LogP contribution in [0.25, 0.3) is 0 Å². The second-order valence-corrected chi connectivity index (χ2v) is 3.89. The molecule has 2 N–H and O–H groups in total. The van der Waals surface area contributed by atoms with Crippen molar-refractivity contribution in [1.82, 2.24) is 15.2 Å². The number of anilines is 1. The van der Waals surface area contributed by atoms with Crippen LogP contribution >= 0.6 is 0 Å². The third-order valence-corrected chi connectivity index (χ3v) is 2.45. The molecule has 0 spiro atoms. The van der Waals surface area contributed by atoms with Gasteiger partial charge in [-0.2, -0.15) is 15.2 Å². The van der Waals surface area contributed by atoms with Gasteiger partial charge in [0.2, 0.25) is 0 Å². The number of nitrogens with zero attached hydrogens (tertiary/aromatic N) is 3. The molecule has 2 rings (SSSR count). The third-order valence-electron chi connectivity index (χ3n) is 2.45. The number of hydrogen-bond donors (Lipinski definition) is 2. The van der Waals surface area contributed by atoms with Crippen molar-refractivity contribution in [2.24, 2.45) is 5.10 Å². The van der Waals surface area contributed by atoms with E-state index in [1.807, 2.05) is 13.0 Å². The van der Waals surface area contributed by atoms with E-state index in [9.17, 15) is 4.79 Å². The Labute approximate surface area is 120 Å². The molecular weight excluding hydrogens is 274 g/mol. The maximum Gasteiger partial charge on any atom is 0.363 e. The van der Waals surface area contributed by atoms with E-state index in [1.165, 1.54) is 6.20 Å². The molecule has 1 aromatic carbocycles. The van der Waals surface area contributed by atoms with E-state index in [-0.39, 0.29) is 5.82 Å². The number of ether oxygens (including phenoxy) is 2. The van der Waals surface area contributed by atoms with Crippen LogP contribution in [0.3, 0.4) is 0 Å². The number of methoxy groups -OCH3 is 1. The van der Waals surface area contributed by atoms with Crippen molar-refractivity contribution in [2.45, 2.75) is 6.92 Å². The Morgan fingerprint density at radius 1 is 1.43 bits per heavy atom. The van der Waals surface area contributed by atoms with E-state index in [2.05, 4.69) is 25.7 Å². The lowest BCUT2D eigenvalue weighted by Gasteiger charge is -2.09. The van der Waals surface area contributed by atoms with Crippen molar-refractivity contribution in [3.8, 4) is 11.5 Å². The minimum atomic E-state index is -0.543. The van der Waals surface area contributed by atoms with Crippen LogP contribution in [0.1, 0.15) is 12.5 Å². The van der Waals surface area contributed by atoms with Crippen LogP contribution in [0.4, 0.5) is 5.82 Å². The SMILES string of the molecule is CCOc1cc(/C=N/Nc2cn[nH]c(=O)n2)ccc1OC. The van der Waals surface area contributed by atoms with E-state index in [4.69, 9.17) is 9.47 Å². The molecule has 0 amide bonds. The highest BCUT2D eigenvalue weighted by atomic mass is 16.5. The first-order valence-electron chi connectivity index (χ1n) is 6.24. The summed E-state index contributed by atoms with van der Waals surface area (Å²) in [6.07, 6.45) is 2.93. The largest absolute Gasteiger partial charge is 0.493 e. The number of hydrogen-bond acceptors (Lipinski definition) is 7. The van der Waals surface area contributed by atoms with E-state index in [1.54, 1.807) is 25.5 Å². The molecule has 0 aliphatic carbocycles. The highest BCUT2D eigenvalue weighted by Crippen LogP contribution is 2.27. The molecule has 8 nitrogen and oxygen atoms in total. The number of aromatic nitrogens is 3. The second-order valence-electron chi connectivity index (χ2n) is 3.89. The lowest BCUT2D eigenvalue weighted by molar-refractivity contribution is 0.311. The van der Waals surface area contributed by atoms with Gasteiger partial charge in [-0.1, -0.05) is 0 Å². The molecule has 0 atom stereocenters. The van der Waals surface area contributed by atoms with E-state index in [0.717, 1.165) is 5.56 Å². The van der Waals surface area contributed by atoms with Gasteiger partial charge >= 0.3 is 5.69 Å². The quantitative estimate of drug-likeness (QED) is 0.608. The van der Waals surface area contributed by atoms with Gasteiger partial charge in [-0.25, -0.2) is 9.89 Å². The molecule has 21 heavy (non-hydrogen) atoms. The van der Waals surface area contributed by atoms with Crippen molar-refractivity contribution in [1.29, 1.82) is 0 Å². The van der Waals surface area contributed by atoms with Crippen molar-refractivity contribution in [3.05, 3.63) is 40.4 Å². The van der Waals surface area contributed by atoms with Gasteiger partial charge in [-0.15, -0.1) is 0 Å². The van der Waals surface area contributed by atoms with E-state index < -0.39 is 5.69 Å². The van der Waals surface area contributed by atoms with Crippen molar-refractivity contribution in [2.75, 3.05) is 19.1 Å². The molecule has 0 aliphatic heterocycles. The van der Waals surface area contributed by atoms with Crippen molar-refractivity contribution >= 4 is 12.0 Å². The zero-order valence-corrected chi connectivity index (χ0v) is 11.7. The summed E-state index contributed by atoms with van der Waals surface area (Å²) < 4.78 is 10.7. The van der Waals surface area contributed by atoms with Gasteiger partial charge in [-0.3, -0.25) is 5.43 Å². The number of aromatic amines is 1. The summed E-state index contributed by atoms with van der Waals surface area (Å²) >= 11 is 0. The van der Waals surface area contributed by atoms with Gasteiger partial charge in [0.05, 0.1) is 26.1 Å². The van der Waals surface area contributed by atoms with Crippen molar-refractivity contribution < 1.29 is 9.47 Å². The first-order valence-corrected chi connectivity index (χ1v) is 6.24. The molecule has 0 saturated heterocycles. The zero-order chi connectivity index (χ0) is 15.1. The maximum atomic E-state index is 11.0. The number of benzene rings is 1. The Morgan fingerprint density at radius 3 is 3.00 bits per heavy atom. The number of rotatable bonds is 6. The first kappa shape index (κ1) is 14.5. The topological polar surface area (TPSA) is 101 Å². The minimum absolute atomic E-state index is 0.258. The molecule has 8 heteroatoms. The zero-order valence-electron chi connectivity index (χ0n) is 11.7. The molecule has 110 valence electrons. The van der Waals surface area contributed by atoms with E-state index in [0.29, 0.717) is 18.1 Å². The molecule has 1 aromatic heterocycles. The van der Waals surface area contributed by atoms with Crippen LogP contribution in [0.2, 0.25) is 0 Å². The fraction of sp³-hybridized carbons (Fsp3) is 0.231. The van der Waals surface area contributed by atoms with Gasteiger partial charge in [-0.05, 0) is 30.7 Å². The molecule has 0 radical (unpaired) electrons. The van der Waals surface area contributed by atoms with Crippen LogP contribution in [0.5, 0.6) is 11.5 Å². The molecular formula is C13H15N5O3. The molecule has 1 heterocycles. The molecule has 2 aromatic rings. The maximum absolute atomic E-state index is 11.0. The summed E-state index contributed by atoms with van der Waals surface area (Å²) in [7, 11) is 1.58. The summed E-state index contributed by atoms with van der Waals surface area (Å²) in [6, 6.07) is 5.42. The van der Waals surface area contributed by atoms with Crippen LogP contribution in [-0.2, 0) is 0 Å². The molecule has 0 bridgehead atoms. The van der Waals surface area contributed by atoms with Crippen LogP contribution < -0.4 is 20.6 Å². The molecule has 0 aliphatic rings. The Hall–Kier alpha value is -2.90. The number of nitrogens with one attached hydrogen (secondary N) is 2. The van der Waals surface area contributed by atoms with Gasteiger partial charge in [0.25, 0.3) is 0 Å².